The summed E-state index contributed by atoms with van der Waals surface area (Å²) in [6.45, 7) is 5.11. The Kier molecular flexibility index (Phi) is 4.92. The van der Waals surface area contributed by atoms with E-state index >= 15 is 0 Å². The lowest BCUT2D eigenvalue weighted by Gasteiger charge is -2.33. The molecule has 2 unspecified atom stereocenters. The third-order valence-corrected chi connectivity index (χ3v) is 4.08. The van der Waals surface area contributed by atoms with Gasteiger partial charge in [0.2, 0.25) is 0 Å². The van der Waals surface area contributed by atoms with Crippen LogP contribution in [0.1, 0.15) is 51.0 Å². The standard InChI is InChI=1S/C16H23F2N/c1-11(2)19-10-12-6-3-4-7-13(12)14-8-5-9-15(17)16(14)18/h5,8-9,11-13,19H,3-4,6-7,10H2,1-2H3. The van der Waals surface area contributed by atoms with Gasteiger partial charge in [-0.3, -0.25) is 0 Å². The van der Waals surface area contributed by atoms with Gasteiger partial charge in [0.05, 0.1) is 0 Å². The molecule has 0 radical (unpaired) electrons. The first kappa shape index (κ1) is 14.4. The zero-order valence-corrected chi connectivity index (χ0v) is 11.8. The second-order valence-corrected chi connectivity index (χ2v) is 5.86. The molecule has 2 rings (SSSR count). The fraction of sp³-hybridized carbons (Fsp3) is 0.625. The van der Waals surface area contributed by atoms with E-state index < -0.39 is 11.6 Å². The molecule has 0 aromatic heterocycles. The van der Waals surface area contributed by atoms with E-state index in [-0.39, 0.29) is 5.92 Å². The fourth-order valence-corrected chi connectivity index (χ4v) is 3.06. The average molecular weight is 267 g/mol. The first-order chi connectivity index (χ1) is 9.09. The second-order valence-electron chi connectivity index (χ2n) is 5.86. The molecule has 3 heteroatoms. The molecule has 0 amide bonds. The molecule has 19 heavy (non-hydrogen) atoms. The fourth-order valence-electron chi connectivity index (χ4n) is 3.06. The predicted octanol–water partition coefficient (Wildman–Crippen LogP) is 4.24. The molecular formula is C16H23F2N. The van der Waals surface area contributed by atoms with Crippen LogP contribution in [0.3, 0.4) is 0 Å². The monoisotopic (exact) mass is 267 g/mol. The number of hydrogen-bond donors (Lipinski definition) is 1. The molecule has 0 bridgehead atoms. The van der Waals surface area contributed by atoms with Crippen molar-refractivity contribution < 1.29 is 8.78 Å². The zero-order valence-electron chi connectivity index (χ0n) is 11.8. The van der Waals surface area contributed by atoms with Crippen molar-refractivity contribution in [3.8, 4) is 0 Å². The number of nitrogens with one attached hydrogen (secondary N) is 1. The molecule has 1 fully saturated rings. The molecule has 1 N–H and O–H groups in total. The molecule has 2 atom stereocenters. The zero-order chi connectivity index (χ0) is 13.8. The number of benzene rings is 1. The van der Waals surface area contributed by atoms with Crippen molar-refractivity contribution in [1.29, 1.82) is 0 Å². The van der Waals surface area contributed by atoms with Crippen LogP contribution in [-0.4, -0.2) is 12.6 Å². The lowest BCUT2D eigenvalue weighted by atomic mass is 9.75. The maximum absolute atomic E-state index is 14.0. The van der Waals surface area contributed by atoms with Gasteiger partial charge in [-0.05, 0) is 42.9 Å². The summed E-state index contributed by atoms with van der Waals surface area (Å²) in [6.07, 6.45) is 4.36. The summed E-state index contributed by atoms with van der Waals surface area (Å²) in [5.41, 5.74) is 0.565. The first-order valence-corrected chi connectivity index (χ1v) is 7.27. The van der Waals surface area contributed by atoms with Gasteiger partial charge in [0.25, 0.3) is 0 Å². The lowest BCUT2D eigenvalue weighted by Crippen LogP contribution is -2.33. The first-order valence-electron chi connectivity index (χ1n) is 7.27. The third-order valence-electron chi connectivity index (χ3n) is 4.08. The summed E-state index contributed by atoms with van der Waals surface area (Å²) < 4.78 is 27.3. The van der Waals surface area contributed by atoms with E-state index in [1.165, 1.54) is 12.5 Å². The van der Waals surface area contributed by atoms with Crippen molar-refractivity contribution in [2.45, 2.75) is 51.5 Å². The molecule has 0 saturated heterocycles. The molecule has 0 aliphatic heterocycles. The van der Waals surface area contributed by atoms with Crippen LogP contribution in [0.4, 0.5) is 8.78 Å². The Hall–Kier alpha value is -0.960. The van der Waals surface area contributed by atoms with E-state index in [0.717, 1.165) is 25.8 Å². The Morgan fingerprint density at radius 1 is 1.21 bits per heavy atom. The van der Waals surface area contributed by atoms with Crippen molar-refractivity contribution in [3.05, 3.63) is 35.4 Å². The second kappa shape index (κ2) is 6.47. The van der Waals surface area contributed by atoms with Crippen LogP contribution in [0.5, 0.6) is 0 Å². The van der Waals surface area contributed by atoms with Gasteiger partial charge in [-0.25, -0.2) is 8.78 Å². The van der Waals surface area contributed by atoms with Gasteiger partial charge in [0, 0.05) is 6.04 Å². The van der Waals surface area contributed by atoms with Crippen LogP contribution < -0.4 is 5.32 Å². The van der Waals surface area contributed by atoms with Gasteiger partial charge in [0.1, 0.15) is 0 Å². The van der Waals surface area contributed by atoms with Crippen LogP contribution in [0.2, 0.25) is 0 Å². The van der Waals surface area contributed by atoms with Gasteiger partial charge in [-0.2, -0.15) is 0 Å². The third kappa shape index (κ3) is 3.53. The summed E-state index contributed by atoms with van der Waals surface area (Å²) in [4.78, 5) is 0. The summed E-state index contributed by atoms with van der Waals surface area (Å²) in [6, 6.07) is 5.00. The number of hydrogen-bond acceptors (Lipinski definition) is 1. The van der Waals surface area contributed by atoms with Gasteiger partial charge in [0.15, 0.2) is 11.6 Å². The Balaban J connectivity index is 2.16. The van der Waals surface area contributed by atoms with Gasteiger partial charge in [-0.1, -0.05) is 38.8 Å². The summed E-state index contributed by atoms with van der Waals surface area (Å²) in [7, 11) is 0. The molecule has 1 aliphatic carbocycles. The van der Waals surface area contributed by atoms with E-state index in [9.17, 15) is 8.78 Å². The maximum atomic E-state index is 14.0. The Labute approximate surface area is 114 Å². The minimum atomic E-state index is -0.723. The quantitative estimate of drug-likeness (QED) is 0.860. The van der Waals surface area contributed by atoms with E-state index in [4.69, 9.17) is 0 Å². The van der Waals surface area contributed by atoms with E-state index in [1.54, 1.807) is 12.1 Å². The average Bonchev–Trinajstić information content (AvgIpc) is 2.40. The van der Waals surface area contributed by atoms with Crippen LogP contribution >= 0.6 is 0 Å². The van der Waals surface area contributed by atoms with Crippen molar-refractivity contribution in [2.24, 2.45) is 5.92 Å². The van der Waals surface area contributed by atoms with Gasteiger partial charge >= 0.3 is 0 Å². The van der Waals surface area contributed by atoms with Gasteiger partial charge < -0.3 is 5.32 Å². The summed E-state index contributed by atoms with van der Waals surface area (Å²) in [5, 5.41) is 3.43. The topological polar surface area (TPSA) is 12.0 Å². The minimum absolute atomic E-state index is 0.149. The smallest absolute Gasteiger partial charge is 0.162 e. The van der Waals surface area contributed by atoms with Crippen molar-refractivity contribution in [3.63, 3.8) is 0 Å². The van der Waals surface area contributed by atoms with Crippen LogP contribution in [0.15, 0.2) is 18.2 Å². The molecule has 0 heterocycles. The SMILES string of the molecule is CC(C)NCC1CCCCC1c1cccc(F)c1F. The predicted molar refractivity (Wildman–Crippen MR) is 74.2 cm³/mol. The Morgan fingerprint density at radius 2 is 1.95 bits per heavy atom. The van der Waals surface area contributed by atoms with Crippen LogP contribution in [0, 0.1) is 17.6 Å². The number of rotatable bonds is 4. The minimum Gasteiger partial charge on any atom is -0.314 e. The van der Waals surface area contributed by atoms with Crippen molar-refractivity contribution in [2.75, 3.05) is 6.54 Å². The summed E-state index contributed by atoms with van der Waals surface area (Å²) >= 11 is 0. The molecule has 106 valence electrons. The molecule has 1 nitrogen and oxygen atoms in total. The highest BCUT2D eigenvalue weighted by atomic mass is 19.2. The van der Waals surface area contributed by atoms with Crippen LogP contribution in [0.25, 0.3) is 0 Å². The maximum Gasteiger partial charge on any atom is 0.162 e. The lowest BCUT2D eigenvalue weighted by molar-refractivity contribution is 0.282. The van der Waals surface area contributed by atoms with E-state index in [2.05, 4.69) is 19.2 Å². The molecule has 1 saturated carbocycles. The highest BCUT2D eigenvalue weighted by Gasteiger charge is 2.29. The molecule has 1 aromatic rings. The normalized spacial score (nSPS) is 23.8. The molecule has 0 spiro atoms. The summed E-state index contributed by atoms with van der Waals surface area (Å²) in [5.74, 6) is -0.814. The van der Waals surface area contributed by atoms with Gasteiger partial charge in [-0.15, -0.1) is 0 Å². The van der Waals surface area contributed by atoms with Crippen molar-refractivity contribution in [1.82, 2.24) is 5.32 Å². The highest BCUT2D eigenvalue weighted by Crippen LogP contribution is 2.38. The Morgan fingerprint density at radius 3 is 2.68 bits per heavy atom. The molecule has 1 aromatic carbocycles. The molecule has 1 aliphatic rings. The van der Waals surface area contributed by atoms with E-state index in [1.807, 2.05) is 0 Å². The van der Waals surface area contributed by atoms with Crippen molar-refractivity contribution >= 4 is 0 Å². The number of halogens is 2. The van der Waals surface area contributed by atoms with Crippen LogP contribution in [-0.2, 0) is 0 Å². The highest BCUT2D eigenvalue weighted by molar-refractivity contribution is 5.24. The molecular weight excluding hydrogens is 244 g/mol. The largest absolute Gasteiger partial charge is 0.314 e. The Bertz CT molecular complexity index is 417. The van der Waals surface area contributed by atoms with E-state index in [0.29, 0.717) is 17.5 Å².